The lowest BCUT2D eigenvalue weighted by Gasteiger charge is -2.26. The second-order valence-corrected chi connectivity index (χ2v) is 6.18. The van der Waals surface area contributed by atoms with Crippen molar-refractivity contribution in [1.82, 2.24) is 20.0 Å². The summed E-state index contributed by atoms with van der Waals surface area (Å²) in [6, 6.07) is 10.2. The molecule has 0 radical (unpaired) electrons. The van der Waals surface area contributed by atoms with E-state index in [0.29, 0.717) is 12.2 Å². The van der Waals surface area contributed by atoms with Crippen molar-refractivity contribution in [2.24, 2.45) is 7.05 Å². The number of benzene rings is 1. The number of hydrogen-bond acceptors (Lipinski definition) is 4. The summed E-state index contributed by atoms with van der Waals surface area (Å²) in [5.74, 6) is -0.143. The fraction of sp³-hybridized carbons (Fsp3) is 0.444. The van der Waals surface area contributed by atoms with E-state index < -0.39 is 0 Å². The lowest BCUT2D eigenvalue weighted by atomic mass is 10.1. The molecular formula is C18H24N4O2. The van der Waals surface area contributed by atoms with Gasteiger partial charge in [0.25, 0.3) is 5.91 Å². The number of nitrogens with zero attached hydrogens (tertiary/aromatic N) is 3. The Bertz CT molecular complexity index is 668. The molecule has 24 heavy (non-hydrogen) atoms. The molecule has 0 aliphatic carbocycles. The molecule has 1 aliphatic rings. The zero-order chi connectivity index (χ0) is 16.9. The molecule has 6 heteroatoms. The van der Waals surface area contributed by atoms with Gasteiger partial charge in [-0.15, -0.1) is 0 Å². The van der Waals surface area contributed by atoms with E-state index in [1.54, 1.807) is 10.7 Å². The number of amides is 1. The van der Waals surface area contributed by atoms with Crippen LogP contribution in [0.2, 0.25) is 0 Å². The van der Waals surface area contributed by atoms with Gasteiger partial charge in [-0.05, 0) is 24.1 Å². The first-order valence-electron chi connectivity index (χ1n) is 8.28. The fourth-order valence-corrected chi connectivity index (χ4v) is 2.72. The van der Waals surface area contributed by atoms with Gasteiger partial charge in [0, 0.05) is 38.9 Å². The van der Waals surface area contributed by atoms with E-state index in [0.717, 1.165) is 44.1 Å². The van der Waals surface area contributed by atoms with Gasteiger partial charge in [-0.2, -0.15) is 5.10 Å². The zero-order valence-corrected chi connectivity index (χ0v) is 14.3. The highest BCUT2D eigenvalue weighted by Gasteiger charge is 2.12. The molecule has 2 heterocycles. The van der Waals surface area contributed by atoms with E-state index >= 15 is 0 Å². The summed E-state index contributed by atoms with van der Waals surface area (Å²) in [4.78, 5) is 14.5. The van der Waals surface area contributed by atoms with Crippen LogP contribution in [0.3, 0.4) is 0 Å². The molecule has 3 rings (SSSR count). The summed E-state index contributed by atoms with van der Waals surface area (Å²) in [7, 11) is 1.83. The molecule has 0 saturated carbocycles. The van der Waals surface area contributed by atoms with Crippen LogP contribution in [0.25, 0.3) is 0 Å². The first-order valence-corrected chi connectivity index (χ1v) is 8.28. The second kappa shape index (κ2) is 7.59. The normalized spacial score (nSPS) is 15.4. The molecule has 6 nitrogen and oxygen atoms in total. The van der Waals surface area contributed by atoms with Gasteiger partial charge >= 0.3 is 0 Å². The molecule has 1 fully saturated rings. The molecule has 1 aliphatic heterocycles. The van der Waals surface area contributed by atoms with Crippen molar-refractivity contribution in [3.63, 3.8) is 0 Å². The van der Waals surface area contributed by atoms with E-state index in [1.807, 2.05) is 14.0 Å². The van der Waals surface area contributed by atoms with E-state index in [9.17, 15) is 4.79 Å². The molecule has 1 aromatic carbocycles. The van der Waals surface area contributed by atoms with Crippen LogP contribution in [0, 0.1) is 6.92 Å². The van der Waals surface area contributed by atoms with Gasteiger partial charge < -0.3 is 10.1 Å². The number of rotatable bonds is 5. The molecular weight excluding hydrogens is 304 g/mol. The number of ether oxygens (including phenoxy) is 1. The summed E-state index contributed by atoms with van der Waals surface area (Å²) >= 11 is 0. The van der Waals surface area contributed by atoms with Crippen LogP contribution < -0.4 is 5.32 Å². The lowest BCUT2D eigenvalue weighted by molar-refractivity contribution is 0.0342. The molecule has 0 bridgehead atoms. The van der Waals surface area contributed by atoms with Gasteiger partial charge in [-0.25, -0.2) is 0 Å². The SMILES string of the molecule is Cc1cc(C(=O)NCc2ccc(CN3CCOCC3)cc2)nn1C. The fourth-order valence-electron chi connectivity index (χ4n) is 2.72. The van der Waals surface area contributed by atoms with Crippen LogP contribution in [0.5, 0.6) is 0 Å². The van der Waals surface area contributed by atoms with Crippen molar-refractivity contribution in [1.29, 1.82) is 0 Å². The number of nitrogens with one attached hydrogen (secondary N) is 1. The number of carbonyl (C=O) groups excluding carboxylic acids is 1. The third-order valence-corrected chi connectivity index (χ3v) is 4.33. The summed E-state index contributed by atoms with van der Waals surface area (Å²) in [6.45, 7) is 6.99. The standard InChI is InChI=1S/C18H24N4O2/c1-14-11-17(20-21(14)2)18(23)19-12-15-3-5-16(6-4-15)13-22-7-9-24-10-8-22/h3-6,11H,7-10,12-13H2,1-2H3,(H,19,23). The summed E-state index contributed by atoms with van der Waals surface area (Å²) < 4.78 is 7.07. The minimum atomic E-state index is -0.143. The Labute approximate surface area is 142 Å². The summed E-state index contributed by atoms with van der Waals surface area (Å²) in [5.41, 5.74) is 3.79. The smallest absolute Gasteiger partial charge is 0.272 e. The number of morpholine rings is 1. The maximum absolute atomic E-state index is 12.1. The molecule has 1 amide bonds. The van der Waals surface area contributed by atoms with Crippen molar-refractivity contribution < 1.29 is 9.53 Å². The van der Waals surface area contributed by atoms with Crippen LogP contribution in [0.1, 0.15) is 27.3 Å². The number of carbonyl (C=O) groups is 1. The van der Waals surface area contributed by atoms with Crippen LogP contribution in [0.4, 0.5) is 0 Å². The monoisotopic (exact) mass is 328 g/mol. The Morgan fingerprint density at radius 1 is 1.21 bits per heavy atom. The van der Waals surface area contributed by atoms with Gasteiger partial charge in [-0.3, -0.25) is 14.4 Å². The molecule has 0 spiro atoms. The summed E-state index contributed by atoms with van der Waals surface area (Å²) in [6.07, 6.45) is 0. The predicted molar refractivity (Wildman–Crippen MR) is 91.7 cm³/mol. The Balaban J connectivity index is 1.51. The third kappa shape index (κ3) is 4.21. The van der Waals surface area contributed by atoms with E-state index in [2.05, 4.69) is 39.6 Å². The molecule has 1 N–H and O–H groups in total. The van der Waals surface area contributed by atoms with Gasteiger partial charge in [0.05, 0.1) is 13.2 Å². The van der Waals surface area contributed by atoms with Gasteiger partial charge in [-0.1, -0.05) is 24.3 Å². The molecule has 128 valence electrons. The third-order valence-electron chi connectivity index (χ3n) is 4.33. The molecule has 0 unspecified atom stereocenters. The largest absolute Gasteiger partial charge is 0.379 e. The Kier molecular flexibility index (Phi) is 5.27. The zero-order valence-electron chi connectivity index (χ0n) is 14.3. The maximum Gasteiger partial charge on any atom is 0.272 e. The van der Waals surface area contributed by atoms with E-state index in [1.165, 1.54) is 5.56 Å². The lowest BCUT2D eigenvalue weighted by Crippen LogP contribution is -2.35. The Hall–Kier alpha value is -2.18. The topological polar surface area (TPSA) is 59.4 Å². The first-order chi connectivity index (χ1) is 11.6. The Morgan fingerprint density at radius 3 is 2.50 bits per heavy atom. The highest BCUT2D eigenvalue weighted by Crippen LogP contribution is 2.09. The van der Waals surface area contributed by atoms with Gasteiger partial charge in [0.15, 0.2) is 0 Å². The van der Waals surface area contributed by atoms with E-state index in [-0.39, 0.29) is 5.91 Å². The highest BCUT2D eigenvalue weighted by molar-refractivity contribution is 5.92. The van der Waals surface area contributed by atoms with Gasteiger partial charge in [0.1, 0.15) is 5.69 Å². The minimum absolute atomic E-state index is 0.143. The number of hydrogen-bond donors (Lipinski definition) is 1. The Morgan fingerprint density at radius 2 is 1.88 bits per heavy atom. The van der Waals surface area contributed by atoms with Crippen molar-refractivity contribution in [3.05, 3.63) is 52.8 Å². The second-order valence-electron chi connectivity index (χ2n) is 6.18. The van der Waals surface area contributed by atoms with Crippen molar-refractivity contribution in [2.45, 2.75) is 20.0 Å². The van der Waals surface area contributed by atoms with Crippen molar-refractivity contribution in [3.8, 4) is 0 Å². The van der Waals surface area contributed by atoms with Crippen LogP contribution in [-0.2, 0) is 24.9 Å². The molecule has 1 aromatic heterocycles. The van der Waals surface area contributed by atoms with Crippen LogP contribution >= 0.6 is 0 Å². The predicted octanol–water partition coefficient (Wildman–Crippen LogP) is 1.49. The van der Waals surface area contributed by atoms with Crippen molar-refractivity contribution in [2.75, 3.05) is 26.3 Å². The number of aryl methyl sites for hydroxylation is 2. The maximum atomic E-state index is 12.1. The molecule has 2 aromatic rings. The van der Waals surface area contributed by atoms with Crippen LogP contribution in [0.15, 0.2) is 30.3 Å². The molecule has 1 saturated heterocycles. The van der Waals surface area contributed by atoms with E-state index in [4.69, 9.17) is 4.74 Å². The van der Waals surface area contributed by atoms with Gasteiger partial charge in [0.2, 0.25) is 0 Å². The summed E-state index contributed by atoms with van der Waals surface area (Å²) in [5, 5.41) is 7.11. The average molecular weight is 328 g/mol. The van der Waals surface area contributed by atoms with Crippen molar-refractivity contribution >= 4 is 5.91 Å². The average Bonchev–Trinajstić information content (AvgIpc) is 2.94. The molecule has 0 atom stereocenters. The minimum Gasteiger partial charge on any atom is -0.379 e. The number of aromatic nitrogens is 2. The quantitative estimate of drug-likeness (QED) is 0.903. The first kappa shape index (κ1) is 16.7. The van der Waals surface area contributed by atoms with Crippen LogP contribution in [-0.4, -0.2) is 46.9 Å². The highest BCUT2D eigenvalue weighted by atomic mass is 16.5.